The first-order valence-electron chi connectivity index (χ1n) is 7.22. The summed E-state index contributed by atoms with van der Waals surface area (Å²) in [7, 11) is 3.45. The van der Waals surface area contributed by atoms with Gasteiger partial charge in [0.15, 0.2) is 5.82 Å². The summed E-state index contributed by atoms with van der Waals surface area (Å²) >= 11 is 0. The highest BCUT2D eigenvalue weighted by atomic mass is 16.5. The molecule has 5 heteroatoms. The monoisotopic (exact) mass is 307 g/mol. The van der Waals surface area contributed by atoms with Gasteiger partial charge in [-0.15, -0.1) is 0 Å². The fourth-order valence-corrected chi connectivity index (χ4v) is 2.33. The SMILES string of the molecule is COc1ccc(-c2cn(C)nc2NC(=O)c2ccccc2)cc1. The maximum Gasteiger partial charge on any atom is 0.256 e. The Morgan fingerprint density at radius 2 is 1.78 bits per heavy atom. The zero-order valence-corrected chi connectivity index (χ0v) is 13.0. The zero-order chi connectivity index (χ0) is 16.2. The molecule has 0 fully saturated rings. The summed E-state index contributed by atoms with van der Waals surface area (Å²) in [5, 5.41) is 7.22. The van der Waals surface area contributed by atoms with Crippen molar-refractivity contribution >= 4 is 11.7 Å². The Balaban J connectivity index is 1.90. The Hall–Kier alpha value is -3.08. The highest BCUT2D eigenvalue weighted by molar-refractivity contribution is 6.05. The molecule has 1 N–H and O–H groups in total. The van der Waals surface area contributed by atoms with E-state index in [1.54, 1.807) is 23.9 Å². The van der Waals surface area contributed by atoms with Crippen molar-refractivity contribution in [3.05, 3.63) is 66.4 Å². The minimum absolute atomic E-state index is 0.181. The largest absolute Gasteiger partial charge is 0.497 e. The molecule has 0 unspecified atom stereocenters. The fourth-order valence-electron chi connectivity index (χ4n) is 2.33. The van der Waals surface area contributed by atoms with Crippen LogP contribution in [0.3, 0.4) is 0 Å². The van der Waals surface area contributed by atoms with Gasteiger partial charge in [0.1, 0.15) is 5.75 Å². The van der Waals surface area contributed by atoms with Gasteiger partial charge < -0.3 is 10.1 Å². The number of aryl methyl sites for hydroxylation is 1. The lowest BCUT2D eigenvalue weighted by molar-refractivity contribution is 0.102. The predicted octanol–water partition coefficient (Wildman–Crippen LogP) is 3.35. The zero-order valence-electron chi connectivity index (χ0n) is 13.0. The smallest absolute Gasteiger partial charge is 0.256 e. The molecule has 0 radical (unpaired) electrons. The van der Waals surface area contributed by atoms with Gasteiger partial charge >= 0.3 is 0 Å². The van der Waals surface area contributed by atoms with Crippen molar-refractivity contribution in [2.24, 2.45) is 7.05 Å². The Kier molecular flexibility index (Phi) is 4.10. The van der Waals surface area contributed by atoms with Crippen molar-refractivity contribution in [1.82, 2.24) is 9.78 Å². The molecule has 3 aromatic rings. The lowest BCUT2D eigenvalue weighted by Crippen LogP contribution is -2.12. The normalized spacial score (nSPS) is 10.3. The summed E-state index contributed by atoms with van der Waals surface area (Å²) in [5.41, 5.74) is 2.42. The molecule has 1 aromatic heterocycles. The molecule has 5 nitrogen and oxygen atoms in total. The first kappa shape index (κ1) is 14.8. The molecule has 0 saturated heterocycles. The highest BCUT2D eigenvalue weighted by Gasteiger charge is 2.14. The van der Waals surface area contributed by atoms with Crippen molar-refractivity contribution in [2.45, 2.75) is 0 Å². The Labute approximate surface area is 134 Å². The third-order valence-electron chi connectivity index (χ3n) is 3.50. The third-order valence-corrected chi connectivity index (χ3v) is 3.50. The first-order valence-corrected chi connectivity index (χ1v) is 7.22. The van der Waals surface area contributed by atoms with E-state index < -0.39 is 0 Å². The Morgan fingerprint density at radius 1 is 1.09 bits per heavy atom. The number of amides is 1. The summed E-state index contributed by atoms with van der Waals surface area (Å²) in [5.74, 6) is 1.14. The second-order valence-corrected chi connectivity index (χ2v) is 5.11. The quantitative estimate of drug-likeness (QED) is 0.804. The molecular weight excluding hydrogens is 290 g/mol. The van der Waals surface area contributed by atoms with Gasteiger partial charge in [-0.2, -0.15) is 5.10 Å². The van der Waals surface area contributed by atoms with Crippen molar-refractivity contribution in [1.29, 1.82) is 0 Å². The highest BCUT2D eigenvalue weighted by Crippen LogP contribution is 2.28. The van der Waals surface area contributed by atoms with Crippen LogP contribution in [0.1, 0.15) is 10.4 Å². The number of nitrogens with zero attached hydrogens (tertiary/aromatic N) is 2. The molecule has 1 heterocycles. The average Bonchev–Trinajstić information content (AvgIpc) is 2.96. The standard InChI is InChI=1S/C18H17N3O2/c1-21-12-16(13-8-10-15(23-2)11-9-13)17(20-21)19-18(22)14-6-4-3-5-7-14/h3-12H,1-2H3,(H,19,20,22). The Bertz CT molecular complexity index is 808. The van der Waals surface area contributed by atoms with Gasteiger partial charge in [0.2, 0.25) is 0 Å². The maximum absolute atomic E-state index is 12.3. The van der Waals surface area contributed by atoms with Crippen LogP contribution in [-0.2, 0) is 7.05 Å². The molecule has 0 spiro atoms. The molecule has 3 rings (SSSR count). The van der Waals surface area contributed by atoms with Gasteiger partial charge in [-0.3, -0.25) is 9.48 Å². The van der Waals surface area contributed by atoms with E-state index in [9.17, 15) is 4.79 Å². The van der Waals surface area contributed by atoms with Crippen molar-refractivity contribution in [3.8, 4) is 16.9 Å². The number of hydrogen-bond donors (Lipinski definition) is 1. The van der Waals surface area contributed by atoms with Crippen LogP contribution in [0.2, 0.25) is 0 Å². The predicted molar refractivity (Wildman–Crippen MR) is 89.6 cm³/mol. The number of methoxy groups -OCH3 is 1. The van der Waals surface area contributed by atoms with E-state index in [0.29, 0.717) is 11.4 Å². The average molecular weight is 307 g/mol. The van der Waals surface area contributed by atoms with Crippen molar-refractivity contribution < 1.29 is 9.53 Å². The molecule has 23 heavy (non-hydrogen) atoms. The van der Waals surface area contributed by atoms with E-state index in [-0.39, 0.29) is 5.91 Å². The maximum atomic E-state index is 12.3. The van der Waals surface area contributed by atoms with E-state index in [0.717, 1.165) is 16.9 Å². The van der Waals surface area contributed by atoms with Crippen LogP contribution >= 0.6 is 0 Å². The fraction of sp³-hybridized carbons (Fsp3) is 0.111. The number of nitrogens with one attached hydrogen (secondary N) is 1. The second kappa shape index (κ2) is 6.36. The number of ether oxygens (including phenoxy) is 1. The number of anilines is 1. The number of hydrogen-bond acceptors (Lipinski definition) is 3. The minimum atomic E-state index is -0.181. The number of rotatable bonds is 4. The Morgan fingerprint density at radius 3 is 2.43 bits per heavy atom. The number of aromatic nitrogens is 2. The van der Waals surface area contributed by atoms with Gasteiger partial charge in [-0.25, -0.2) is 0 Å². The van der Waals surface area contributed by atoms with Gasteiger partial charge in [0.05, 0.1) is 7.11 Å². The van der Waals surface area contributed by atoms with Crippen LogP contribution in [0, 0.1) is 0 Å². The van der Waals surface area contributed by atoms with Crippen molar-refractivity contribution in [3.63, 3.8) is 0 Å². The lowest BCUT2D eigenvalue weighted by atomic mass is 10.1. The van der Waals surface area contributed by atoms with Gasteiger partial charge in [0, 0.05) is 24.4 Å². The molecule has 1 amide bonds. The molecule has 0 bridgehead atoms. The molecule has 0 aliphatic rings. The molecule has 0 atom stereocenters. The lowest BCUT2D eigenvalue weighted by Gasteiger charge is -2.06. The summed E-state index contributed by atoms with van der Waals surface area (Å²) in [6, 6.07) is 16.7. The van der Waals surface area contributed by atoms with Crippen molar-refractivity contribution in [2.75, 3.05) is 12.4 Å². The van der Waals surface area contributed by atoms with Crippen LogP contribution in [0.5, 0.6) is 5.75 Å². The third kappa shape index (κ3) is 3.23. The first-order chi connectivity index (χ1) is 11.2. The van der Waals surface area contributed by atoms with Crippen LogP contribution in [0.4, 0.5) is 5.82 Å². The van der Waals surface area contributed by atoms with Crippen LogP contribution in [-0.4, -0.2) is 22.8 Å². The van der Waals surface area contributed by atoms with Gasteiger partial charge in [-0.1, -0.05) is 30.3 Å². The molecular formula is C18H17N3O2. The van der Waals surface area contributed by atoms with Crippen LogP contribution < -0.4 is 10.1 Å². The number of benzene rings is 2. The van der Waals surface area contributed by atoms with Crippen LogP contribution in [0.25, 0.3) is 11.1 Å². The molecule has 0 aliphatic carbocycles. The van der Waals surface area contributed by atoms with E-state index in [1.807, 2.05) is 55.7 Å². The summed E-state index contributed by atoms with van der Waals surface area (Å²) in [6.45, 7) is 0. The van der Waals surface area contributed by atoms with E-state index in [2.05, 4.69) is 10.4 Å². The molecule has 0 saturated carbocycles. The second-order valence-electron chi connectivity index (χ2n) is 5.11. The molecule has 2 aromatic carbocycles. The number of carbonyl (C=O) groups excluding carboxylic acids is 1. The molecule has 0 aliphatic heterocycles. The summed E-state index contributed by atoms with van der Waals surface area (Å²) < 4.78 is 6.85. The number of carbonyl (C=O) groups is 1. The van der Waals surface area contributed by atoms with E-state index in [4.69, 9.17) is 4.74 Å². The van der Waals surface area contributed by atoms with Gasteiger partial charge in [0.25, 0.3) is 5.91 Å². The molecule has 116 valence electrons. The van der Waals surface area contributed by atoms with E-state index in [1.165, 1.54) is 0 Å². The topological polar surface area (TPSA) is 56.1 Å². The summed E-state index contributed by atoms with van der Waals surface area (Å²) in [6.07, 6.45) is 1.88. The minimum Gasteiger partial charge on any atom is -0.497 e. The van der Waals surface area contributed by atoms with Gasteiger partial charge in [-0.05, 0) is 29.8 Å². The summed E-state index contributed by atoms with van der Waals surface area (Å²) in [4.78, 5) is 12.3. The van der Waals surface area contributed by atoms with Crippen LogP contribution in [0.15, 0.2) is 60.8 Å². The van der Waals surface area contributed by atoms with E-state index >= 15 is 0 Å².